The second-order valence-corrected chi connectivity index (χ2v) is 4.93. The van der Waals surface area contributed by atoms with Crippen molar-refractivity contribution in [1.82, 2.24) is 4.90 Å². The molecule has 1 aromatic rings. The van der Waals surface area contributed by atoms with Gasteiger partial charge in [-0.3, -0.25) is 9.59 Å². The number of amides is 1. The van der Waals surface area contributed by atoms with Crippen LogP contribution < -0.4 is 0 Å². The van der Waals surface area contributed by atoms with E-state index < -0.39 is 17.9 Å². The molecule has 0 bridgehead atoms. The Morgan fingerprint density at radius 1 is 1.48 bits per heavy atom. The van der Waals surface area contributed by atoms with E-state index in [-0.39, 0.29) is 19.1 Å². The third-order valence-electron chi connectivity index (χ3n) is 3.45. The van der Waals surface area contributed by atoms with Crippen LogP contribution in [0.5, 0.6) is 0 Å². The molecule has 0 spiro atoms. The van der Waals surface area contributed by atoms with Gasteiger partial charge in [-0.2, -0.15) is 0 Å². The number of rotatable bonds is 6. The quantitative estimate of drug-likeness (QED) is 0.806. The molecule has 6 heteroatoms. The lowest BCUT2D eigenvalue weighted by molar-refractivity contribution is -0.144. The van der Waals surface area contributed by atoms with Crippen LogP contribution in [-0.2, 0) is 14.3 Å². The lowest BCUT2D eigenvalue weighted by Gasteiger charge is -2.29. The monoisotopic (exact) mass is 293 g/mol. The molecule has 21 heavy (non-hydrogen) atoms. The fourth-order valence-electron chi connectivity index (χ4n) is 2.40. The van der Waals surface area contributed by atoms with Crippen LogP contribution in [-0.4, -0.2) is 47.7 Å². The summed E-state index contributed by atoms with van der Waals surface area (Å²) in [5.41, 5.74) is 0. The molecule has 0 aromatic carbocycles. The standard InChI is InChI=1S/C15H19NO5/c1-2-7-16(13-10-20-9-12(13)15(18)19)14(17)6-5-11-4-3-8-21-11/h3-6,8,12-13H,2,7,9-10H2,1H3,(H,18,19). The minimum Gasteiger partial charge on any atom is -0.481 e. The highest BCUT2D eigenvalue weighted by Gasteiger charge is 2.39. The van der Waals surface area contributed by atoms with E-state index in [1.807, 2.05) is 6.92 Å². The number of carboxylic acid groups (broad SMARTS) is 1. The van der Waals surface area contributed by atoms with Gasteiger partial charge >= 0.3 is 5.97 Å². The summed E-state index contributed by atoms with van der Waals surface area (Å²) in [4.78, 5) is 25.1. The predicted molar refractivity (Wildman–Crippen MR) is 75.5 cm³/mol. The van der Waals surface area contributed by atoms with Gasteiger partial charge in [0.15, 0.2) is 0 Å². The van der Waals surface area contributed by atoms with Gasteiger partial charge in [-0.05, 0) is 24.6 Å². The second-order valence-electron chi connectivity index (χ2n) is 4.93. The Hall–Kier alpha value is -2.08. The number of carboxylic acids is 1. The average molecular weight is 293 g/mol. The van der Waals surface area contributed by atoms with Crippen LogP contribution in [0.1, 0.15) is 19.1 Å². The topological polar surface area (TPSA) is 80.0 Å². The molecule has 1 amide bonds. The van der Waals surface area contributed by atoms with Crippen LogP contribution in [0.4, 0.5) is 0 Å². The molecular weight excluding hydrogens is 274 g/mol. The van der Waals surface area contributed by atoms with Crippen molar-refractivity contribution in [3.63, 3.8) is 0 Å². The highest BCUT2D eigenvalue weighted by molar-refractivity contribution is 5.92. The zero-order valence-electron chi connectivity index (χ0n) is 11.9. The first-order valence-corrected chi connectivity index (χ1v) is 6.96. The summed E-state index contributed by atoms with van der Waals surface area (Å²) >= 11 is 0. The number of aliphatic carboxylic acids is 1. The van der Waals surface area contributed by atoms with Gasteiger partial charge in [-0.1, -0.05) is 6.92 Å². The van der Waals surface area contributed by atoms with E-state index in [0.29, 0.717) is 12.3 Å². The maximum absolute atomic E-state index is 12.3. The number of nitrogens with zero attached hydrogens (tertiary/aromatic N) is 1. The maximum atomic E-state index is 12.3. The average Bonchev–Trinajstić information content (AvgIpc) is 3.12. The molecule has 0 aliphatic carbocycles. The fourth-order valence-corrected chi connectivity index (χ4v) is 2.40. The number of hydrogen-bond donors (Lipinski definition) is 1. The zero-order valence-corrected chi connectivity index (χ0v) is 11.9. The van der Waals surface area contributed by atoms with Crippen molar-refractivity contribution in [2.75, 3.05) is 19.8 Å². The van der Waals surface area contributed by atoms with Crippen molar-refractivity contribution in [3.05, 3.63) is 30.2 Å². The fraction of sp³-hybridized carbons (Fsp3) is 0.467. The predicted octanol–water partition coefficient (Wildman–Crippen LogP) is 1.63. The van der Waals surface area contributed by atoms with Crippen molar-refractivity contribution in [3.8, 4) is 0 Å². The lowest BCUT2D eigenvalue weighted by Crippen LogP contribution is -2.46. The van der Waals surface area contributed by atoms with E-state index in [9.17, 15) is 14.7 Å². The minimum absolute atomic E-state index is 0.148. The SMILES string of the molecule is CCCN(C(=O)C=Cc1ccco1)C1COCC1C(=O)O. The van der Waals surface area contributed by atoms with Crippen molar-refractivity contribution in [2.45, 2.75) is 19.4 Å². The van der Waals surface area contributed by atoms with Crippen LogP contribution in [0.15, 0.2) is 28.9 Å². The first-order valence-electron chi connectivity index (χ1n) is 6.96. The van der Waals surface area contributed by atoms with Crippen LogP contribution in [0.2, 0.25) is 0 Å². The number of ether oxygens (including phenoxy) is 1. The summed E-state index contributed by atoms with van der Waals surface area (Å²) in [5.74, 6) is -1.24. The molecule has 1 N–H and O–H groups in total. The van der Waals surface area contributed by atoms with Crippen molar-refractivity contribution < 1.29 is 23.8 Å². The van der Waals surface area contributed by atoms with Gasteiger partial charge in [0.25, 0.3) is 0 Å². The van der Waals surface area contributed by atoms with Crippen LogP contribution in [0.25, 0.3) is 6.08 Å². The van der Waals surface area contributed by atoms with Gasteiger partial charge in [0.1, 0.15) is 11.7 Å². The molecule has 1 saturated heterocycles. The zero-order chi connectivity index (χ0) is 15.2. The Balaban J connectivity index is 2.10. The summed E-state index contributed by atoms with van der Waals surface area (Å²) in [5, 5.41) is 9.21. The summed E-state index contributed by atoms with van der Waals surface area (Å²) in [6, 6.07) is 3.06. The van der Waals surface area contributed by atoms with Crippen molar-refractivity contribution in [1.29, 1.82) is 0 Å². The van der Waals surface area contributed by atoms with Crippen molar-refractivity contribution >= 4 is 18.0 Å². The molecule has 1 aliphatic heterocycles. The van der Waals surface area contributed by atoms with Gasteiger partial charge in [0, 0.05) is 12.6 Å². The van der Waals surface area contributed by atoms with E-state index in [0.717, 1.165) is 6.42 Å². The molecule has 114 valence electrons. The molecule has 2 heterocycles. The molecule has 2 atom stereocenters. The van der Waals surface area contributed by atoms with E-state index in [2.05, 4.69) is 0 Å². The Morgan fingerprint density at radius 3 is 2.90 bits per heavy atom. The molecule has 0 radical (unpaired) electrons. The summed E-state index contributed by atoms with van der Waals surface area (Å²) in [6.07, 6.45) is 5.27. The summed E-state index contributed by atoms with van der Waals surface area (Å²) in [7, 11) is 0. The highest BCUT2D eigenvalue weighted by Crippen LogP contribution is 2.21. The second kappa shape index (κ2) is 7.08. The number of furan rings is 1. The van der Waals surface area contributed by atoms with Gasteiger partial charge in [0.05, 0.1) is 25.5 Å². The third kappa shape index (κ3) is 3.72. The van der Waals surface area contributed by atoms with E-state index in [4.69, 9.17) is 9.15 Å². The van der Waals surface area contributed by atoms with Gasteiger partial charge < -0.3 is 19.2 Å². The minimum atomic E-state index is -0.929. The van der Waals surface area contributed by atoms with Crippen LogP contribution in [0, 0.1) is 5.92 Å². The Kier molecular flexibility index (Phi) is 5.16. The van der Waals surface area contributed by atoms with Gasteiger partial charge in [-0.15, -0.1) is 0 Å². The number of carbonyl (C=O) groups excluding carboxylic acids is 1. The molecule has 1 aliphatic rings. The molecular formula is C15H19NO5. The summed E-state index contributed by atoms with van der Waals surface area (Å²) in [6.45, 7) is 2.86. The third-order valence-corrected chi connectivity index (χ3v) is 3.45. The molecule has 0 saturated carbocycles. The molecule has 2 rings (SSSR count). The first-order chi connectivity index (χ1) is 10.1. The largest absolute Gasteiger partial charge is 0.481 e. The molecule has 6 nitrogen and oxygen atoms in total. The van der Waals surface area contributed by atoms with E-state index in [1.54, 1.807) is 23.1 Å². The lowest BCUT2D eigenvalue weighted by atomic mass is 10.0. The summed E-state index contributed by atoms with van der Waals surface area (Å²) < 4.78 is 10.4. The molecule has 1 aromatic heterocycles. The number of hydrogen-bond acceptors (Lipinski definition) is 4. The normalized spacial score (nSPS) is 21.8. The number of carbonyl (C=O) groups is 2. The Bertz CT molecular complexity index is 508. The van der Waals surface area contributed by atoms with Crippen molar-refractivity contribution in [2.24, 2.45) is 5.92 Å². The maximum Gasteiger partial charge on any atom is 0.311 e. The smallest absolute Gasteiger partial charge is 0.311 e. The van der Waals surface area contributed by atoms with Crippen LogP contribution in [0.3, 0.4) is 0 Å². The first kappa shape index (κ1) is 15.3. The van der Waals surface area contributed by atoms with Crippen LogP contribution >= 0.6 is 0 Å². The Labute approximate surface area is 123 Å². The Morgan fingerprint density at radius 2 is 2.29 bits per heavy atom. The molecule has 1 fully saturated rings. The molecule has 2 unspecified atom stereocenters. The van der Waals surface area contributed by atoms with Gasteiger partial charge in [-0.25, -0.2) is 0 Å². The van der Waals surface area contributed by atoms with E-state index >= 15 is 0 Å². The van der Waals surface area contributed by atoms with Gasteiger partial charge in [0.2, 0.25) is 5.91 Å². The highest BCUT2D eigenvalue weighted by atomic mass is 16.5. The van der Waals surface area contributed by atoms with E-state index in [1.165, 1.54) is 12.3 Å².